The van der Waals surface area contributed by atoms with Gasteiger partial charge >= 0.3 is 0 Å². The largest absolute Gasteiger partial charge is 0.366 e. The molecule has 0 unspecified atom stereocenters. The first-order chi connectivity index (χ1) is 9.15. The third-order valence-corrected chi connectivity index (χ3v) is 3.06. The van der Waals surface area contributed by atoms with Crippen LogP contribution < -0.4 is 11.1 Å². The monoisotopic (exact) mass is 274 g/mol. The maximum atomic E-state index is 10.9. The summed E-state index contributed by atoms with van der Waals surface area (Å²) in [6.07, 6.45) is 0. The minimum atomic E-state index is -0.402. The van der Waals surface area contributed by atoms with Crippen molar-refractivity contribution in [3.05, 3.63) is 70.2 Å². The second kappa shape index (κ2) is 6.36. The summed E-state index contributed by atoms with van der Waals surface area (Å²) in [7, 11) is 0. The highest BCUT2D eigenvalue weighted by Gasteiger charge is 1.99. The number of hydrogen-bond acceptors (Lipinski definition) is 2. The molecule has 4 heteroatoms. The quantitative estimate of drug-likeness (QED) is 0.881. The minimum Gasteiger partial charge on any atom is -0.366 e. The van der Waals surface area contributed by atoms with Crippen molar-refractivity contribution in [3.63, 3.8) is 0 Å². The van der Waals surface area contributed by atoms with Gasteiger partial charge in [-0.15, -0.1) is 0 Å². The van der Waals surface area contributed by atoms with Crippen LogP contribution in [-0.4, -0.2) is 5.91 Å². The van der Waals surface area contributed by atoms with Gasteiger partial charge in [0.25, 0.3) is 0 Å². The Kier molecular flexibility index (Phi) is 4.55. The molecule has 0 fully saturated rings. The maximum absolute atomic E-state index is 10.9. The number of nitrogens with one attached hydrogen (secondary N) is 1. The zero-order valence-electron chi connectivity index (χ0n) is 10.4. The number of nitrogens with two attached hydrogens (primary N) is 1. The third-order valence-electron chi connectivity index (χ3n) is 2.81. The van der Waals surface area contributed by atoms with Gasteiger partial charge in [-0.2, -0.15) is 0 Å². The average Bonchev–Trinajstić information content (AvgIpc) is 2.41. The highest BCUT2D eigenvalue weighted by atomic mass is 35.5. The Morgan fingerprint density at radius 3 is 1.89 bits per heavy atom. The first kappa shape index (κ1) is 13.6. The Labute approximate surface area is 117 Å². The van der Waals surface area contributed by atoms with Gasteiger partial charge in [-0.25, -0.2) is 0 Å². The molecule has 0 atom stereocenters. The molecule has 1 amide bonds. The van der Waals surface area contributed by atoms with Crippen LogP contribution in [0, 0.1) is 0 Å². The molecule has 0 radical (unpaired) electrons. The fourth-order valence-corrected chi connectivity index (χ4v) is 1.87. The molecule has 2 rings (SSSR count). The van der Waals surface area contributed by atoms with Crippen LogP contribution in [0.3, 0.4) is 0 Å². The number of primary amides is 1. The third kappa shape index (κ3) is 4.09. The lowest BCUT2D eigenvalue weighted by molar-refractivity contribution is 0.100. The lowest BCUT2D eigenvalue weighted by Gasteiger charge is -2.06. The molecule has 2 aromatic rings. The molecule has 98 valence electrons. The summed E-state index contributed by atoms with van der Waals surface area (Å²) in [6, 6.07) is 15.0. The van der Waals surface area contributed by atoms with Crippen LogP contribution in [0.5, 0.6) is 0 Å². The molecule has 0 aromatic heterocycles. The molecule has 2 aromatic carbocycles. The molecule has 0 bridgehead atoms. The average molecular weight is 275 g/mol. The minimum absolute atomic E-state index is 0.402. The molecule has 3 N–H and O–H groups in total. The van der Waals surface area contributed by atoms with Gasteiger partial charge in [0.2, 0.25) is 5.91 Å². The Morgan fingerprint density at radius 2 is 1.42 bits per heavy atom. The number of benzene rings is 2. The van der Waals surface area contributed by atoms with E-state index in [-0.39, 0.29) is 0 Å². The van der Waals surface area contributed by atoms with Crippen molar-refractivity contribution in [3.8, 4) is 0 Å². The second-order valence-electron chi connectivity index (χ2n) is 4.29. The molecule has 0 aliphatic carbocycles. The van der Waals surface area contributed by atoms with E-state index >= 15 is 0 Å². The van der Waals surface area contributed by atoms with Gasteiger partial charge in [-0.05, 0) is 35.4 Å². The van der Waals surface area contributed by atoms with Crippen molar-refractivity contribution in [2.45, 2.75) is 13.1 Å². The van der Waals surface area contributed by atoms with E-state index in [0.29, 0.717) is 5.56 Å². The molecule has 0 heterocycles. The van der Waals surface area contributed by atoms with Crippen LogP contribution in [-0.2, 0) is 13.1 Å². The van der Waals surface area contributed by atoms with Crippen LogP contribution in [0.25, 0.3) is 0 Å². The maximum Gasteiger partial charge on any atom is 0.248 e. The lowest BCUT2D eigenvalue weighted by atomic mass is 10.1. The molecule has 0 aliphatic heterocycles. The van der Waals surface area contributed by atoms with E-state index in [9.17, 15) is 4.79 Å². The molecule has 0 saturated heterocycles. The Balaban J connectivity index is 1.85. The molecule has 3 nitrogen and oxygen atoms in total. The van der Waals surface area contributed by atoms with Crippen LogP contribution >= 0.6 is 11.6 Å². The van der Waals surface area contributed by atoms with E-state index in [4.69, 9.17) is 17.3 Å². The summed E-state index contributed by atoms with van der Waals surface area (Å²) in [5, 5.41) is 4.07. The zero-order chi connectivity index (χ0) is 13.7. The Bertz CT molecular complexity index is 549. The van der Waals surface area contributed by atoms with Gasteiger partial charge in [0.05, 0.1) is 0 Å². The number of carbonyl (C=O) groups is 1. The van der Waals surface area contributed by atoms with Gasteiger partial charge in [0, 0.05) is 23.7 Å². The van der Waals surface area contributed by atoms with E-state index in [2.05, 4.69) is 5.32 Å². The first-order valence-corrected chi connectivity index (χ1v) is 6.37. The molecular formula is C15H15ClN2O. The fraction of sp³-hybridized carbons (Fsp3) is 0.133. The van der Waals surface area contributed by atoms with E-state index < -0.39 is 5.91 Å². The first-order valence-electron chi connectivity index (χ1n) is 5.99. The van der Waals surface area contributed by atoms with E-state index in [1.165, 1.54) is 5.56 Å². The Morgan fingerprint density at radius 1 is 0.947 bits per heavy atom. The molecule has 19 heavy (non-hydrogen) atoms. The molecule has 0 aliphatic rings. The SMILES string of the molecule is NC(=O)c1ccc(CNCc2ccc(Cl)cc2)cc1. The summed E-state index contributed by atoms with van der Waals surface area (Å²) in [4.78, 5) is 10.9. The number of amides is 1. The molecular weight excluding hydrogens is 260 g/mol. The highest BCUT2D eigenvalue weighted by Crippen LogP contribution is 2.09. The summed E-state index contributed by atoms with van der Waals surface area (Å²) >= 11 is 5.82. The topological polar surface area (TPSA) is 55.1 Å². The summed E-state index contributed by atoms with van der Waals surface area (Å²) in [6.45, 7) is 1.51. The van der Waals surface area contributed by atoms with Crippen LogP contribution in [0.4, 0.5) is 0 Å². The standard InChI is InChI=1S/C15H15ClN2O/c16-14-7-3-12(4-8-14)10-18-9-11-1-5-13(6-2-11)15(17)19/h1-8,18H,9-10H2,(H2,17,19). The van der Waals surface area contributed by atoms with Crippen molar-refractivity contribution in [1.82, 2.24) is 5.32 Å². The summed E-state index contributed by atoms with van der Waals surface area (Å²) in [5.41, 5.74) is 8.00. The van der Waals surface area contributed by atoms with Crippen molar-refractivity contribution in [2.24, 2.45) is 5.73 Å². The second-order valence-corrected chi connectivity index (χ2v) is 4.73. The predicted molar refractivity (Wildman–Crippen MR) is 77.0 cm³/mol. The lowest BCUT2D eigenvalue weighted by Crippen LogP contribution is -2.13. The van der Waals surface area contributed by atoms with Crippen LogP contribution in [0.15, 0.2) is 48.5 Å². The molecule has 0 saturated carbocycles. The number of carbonyl (C=O) groups excluding carboxylic acids is 1. The normalized spacial score (nSPS) is 10.4. The van der Waals surface area contributed by atoms with Gasteiger partial charge < -0.3 is 11.1 Å². The van der Waals surface area contributed by atoms with Gasteiger partial charge in [-0.3, -0.25) is 4.79 Å². The predicted octanol–water partition coefficient (Wildman–Crippen LogP) is 2.73. The molecule has 0 spiro atoms. The van der Waals surface area contributed by atoms with Gasteiger partial charge in [0.1, 0.15) is 0 Å². The van der Waals surface area contributed by atoms with Crippen molar-refractivity contribution in [1.29, 1.82) is 0 Å². The zero-order valence-corrected chi connectivity index (χ0v) is 11.2. The summed E-state index contributed by atoms with van der Waals surface area (Å²) in [5.74, 6) is -0.402. The summed E-state index contributed by atoms with van der Waals surface area (Å²) < 4.78 is 0. The van der Waals surface area contributed by atoms with Gasteiger partial charge in [0.15, 0.2) is 0 Å². The van der Waals surface area contributed by atoms with E-state index in [1.54, 1.807) is 12.1 Å². The van der Waals surface area contributed by atoms with Crippen molar-refractivity contribution >= 4 is 17.5 Å². The number of hydrogen-bond donors (Lipinski definition) is 2. The van der Waals surface area contributed by atoms with Crippen molar-refractivity contribution < 1.29 is 4.79 Å². The fourth-order valence-electron chi connectivity index (χ4n) is 1.74. The number of rotatable bonds is 5. The van der Waals surface area contributed by atoms with Gasteiger partial charge in [-0.1, -0.05) is 35.9 Å². The van der Waals surface area contributed by atoms with Crippen LogP contribution in [0.2, 0.25) is 5.02 Å². The van der Waals surface area contributed by atoms with Crippen molar-refractivity contribution in [2.75, 3.05) is 0 Å². The van der Waals surface area contributed by atoms with Crippen LogP contribution in [0.1, 0.15) is 21.5 Å². The highest BCUT2D eigenvalue weighted by molar-refractivity contribution is 6.30. The Hall–Kier alpha value is -1.84. The number of halogens is 1. The van der Waals surface area contributed by atoms with E-state index in [1.807, 2.05) is 36.4 Å². The smallest absolute Gasteiger partial charge is 0.248 e. The van der Waals surface area contributed by atoms with E-state index in [0.717, 1.165) is 23.7 Å².